The second kappa shape index (κ2) is 6.10. The molecule has 0 aliphatic heterocycles. The first-order chi connectivity index (χ1) is 8.31. The number of anilines is 1. The fraction of sp³-hybridized carbons (Fsp3) is 0.667. The van der Waals surface area contributed by atoms with Gasteiger partial charge in [-0.05, 0) is 31.9 Å². The smallest absolute Gasteiger partial charge is 0.223 e. The van der Waals surface area contributed by atoms with E-state index >= 15 is 0 Å². The third kappa shape index (κ3) is 3.49. The Morgan fingerprint density at radius 1 is 1.24 bits per heavy atom. The summed E-state index contributed by atoms with van der Waals surface area (Å²) in [5.41, 5.74) is 0. The molecule has 2 rings (SSSR count). The minimum Gasteiger partial charge on any atom is -0.494 e. The van der Waals surface area contributed by atoms with E-state index in [0.717, 1.165) is 5.25 Å². The van der Waals surface area contributed by atoms with Crippen LogP contribution in [0.5, 0.6) is 5.75 Å². The first-order valence-corrected chi connectivity index (χ1v) is 7.26. The lowest BCUT2D eigenvalue weighted by molar-refractivity contribution is 0.410. The van der Waals surface area contributed by atoms with Crippen molar-refractivity contribution >= 4 is 17.7 Å². The standard InChI is InChI=1S/C12H19N3OS/c1-16-10-7-13-12(14-8-10)15-9-3-5-11(17-2)6-4-9/h7-9,11H,3-6H2,1-2H3,(H,13,14,15). The zero-order valence-electron chi connectivity index (χ0n) is 10.3. The first-order valence-electron chi connectivity index (χ1n) is 5.97. The predicted molar refractivity (Wildman–Crippen MR) is 71.8 cm³/mol. The Morgan fingerprint density at radius 2 is 1.88 bits per heavy atom. The topological polar surface area (TPSA) is 47.0 Å². The molecule has 0 unspecified atom stereocenters. The third-order valence-corrected chi connectivity index (χ3v) is 4.34. The lowest BCUT2D eigenvalue weighted by Crippen LogP contribution is -2.27. The highest BCUT2D eigenvalue weighted by molar-refractivity contribution is 7.99. The van der Waals surface area contributed by atoms with Crippen molar-refractivity contribution in [1.82, 2.24) is 9.97 Å². The number of hydrogen-bond acceptors (Lipinski definition) is 5. The SMILES string of the molecule is COc1cnc(NC2CCC(SC)CC2)nc1. The Hall–Kier alpha value is -0.970. The number of aromatic nitrogens is 2. The Kier molecular flexibility index (Phi) is 4.48. The van der Waals surface area contributed by atoms with E-state index < -0.39 is 0 Å². The minimum atomic E-state index is 0.520. The van der Waals surface area contributed by atoms with Gasteiger partial charge in [0.25, 0.3) is 0 Å². The van der Waals surface area contributed by atoms with Crippen LogP contribution >= 0.6 is 11.8 Å². The monoisotopic (exact) mass is 253 g/mol. The van der Waals surface area contributed by atoms with Crippen LogP contribution in [0.3, 0.4) is 0 Å². The van der Waals surface area contributed by atoms with E-state index in [4.69, 9.17) is 4.74 Å². The van der Waals surface area contributed by atoms with Crippen molar-refractivity contribution in [2.45, 2.75) is 37.0 Å². The van der Waals surface area contributed by atoms with Crippen LogP contribution in [0, 0.1) is 0 Å². The molecule has 0 radical (unpaired) electrons. The summed E-state index contributed by atoms with van der Waals surface area (Å²) >= 11 is 1.98. The summed E-state index contributed by atoms with van der Waals surface area (Å²) in [7, 11) is 1.62. The summed E-state index contributed by atoms with van der Waals surface area (Å²) in [5.74, 6) is 1.40. The van der Waals surface area contributed by atoms with Gasteiger partial charge in [0.1, 0.15) is 0 Å². The molecule has 5 heteroatoms. The Balaban J connectivity index is 1.84. The van der Waals surface area contributed by atoms with Crippen LogP contribution in [0.1, 0.15) is 25.7 Å². The lowest BCUT2D eigenvalue weighted by Gasteiger charge is -2.27. The zero-order valence-corrected chi connectivity index (χ0v) is 11.2. The number of methoxy groups -OCH3 is 1. The van der Waals surface area contributed by atoms with Crippen LogP contribution in [0.25, 0.3) is 0 Å². The molecule has 94 valence electrons. The van der Waals surface area contributed by atoms with Gasteiger partial charge in [0, 0.05) is 11.3 Å². The molecule has 0 atom stereocenters. The van der Waals surface area contributed by atoms with Crippen LogP contribution in [0.15, 0.2) is 12.4 Å². The van der Waals surface area contributed by atoms with Gasteiger partial charge in [-0.1, -0.05) is 0 Å². The van der Waals surface area contributed by atoms with Gasteiger partial charge in [0.2, 0.25) is 5.95 Å². The first kappa shape index (κ1) is 12.5. The fourth-order valence-corrected chi connectivity index (χ4v) is 2.87. The van der Waals surface area contributed by atoms with Gasteiger partial charge < -0.3 is 10.1 Å². The van der Waals surface area contributed by atoms with Gasteiger partial charge in [0.15, 0.2) is 5.75 Å². The van der Waals surface area contributed by atoms with Crippen molar-refractivity contribution in [2.75, 3.05) is 18.7 Å². The molecule has 1 aromatic heterocycles. The fourth-order valence-electron chi connectivity index (χ4n) is 2.12. The van der Waals surface area contributed by atoms with Crippen molar-refractivity contribution in [1.29, 1.82) is 0 Å². The van der Waals surface area contributed by atoms with Crippen molar-refractivity contribution < 1.29 is 4.74 Å². The van der Waals surface area contributed by atoms with Crippen LogP contribution in [0.4, 0.5) is 5.95 Å². The molecule has 1 saturated carbocycles. The van der Waals surface area contributed by atoms with E-state index in [1.54, 1.807) is 19.5 Å². The summed E-state index contributed by atoms with van der Waals surface area (Å²) in [5, 5.41) is 4.23. The maximum absolute atomic E-state index is 5.03. The van der Waals surface area contributed by atoms with Crippen LogP contribution < -0.4 is 10.1 Å². The second-order valence-corrected chi connectivity index (χ2v) is 5.44. The molecular formula is C12H19N3OS. The predicted octanol–water partition coefficient (Wildman–Crippen LogP) is 2.57. The third-order valence-electron chi connectivity index (χ3n) is 3.20. The van der Waals surface area contributed by atoms with Crippen LogP contribution in [-0.2, 0) is 0 Å². The molecule has 1 aromatic rings. The lowest BCUT2D eigenvalue weighted by atomic mass is 9.95. The highest BCUT2D eigenvalue weighted by Gasteiger charge is 2.20. The molecule has 0 aromatic carbocycles. The number of nitrogens with one attached hydrogen (secondary N) is 1. The molecule has 0 spiro atoms. The summed E-state index contributed by atoms with van der Waals surface area (Å²) < 4.78 is 5.03. The molecule has 1 aliphatic rings. The van der Waals surface area contributed by atoms with Gasteiger partial charge in [-0.2, -0.15) is 11.8 Å². The minimum absolute atomic E-state index is 0.520. The van der Waals surface area contributed by atoms with Gasteiger partial charge in [-0.25, -0.2) is 9.97 Å². The van der Waals surface area contributed by atoms with E-state index in [1.165, 1.54) is 25.7 Å². The van der Waals surface area contributed by atoms with Crippen molar-refractivity contribution in [3.05, 3.63) is 12.4 Å². The Bertz CT molecular complexity index is 336. The summed E-state index contributed by atoms with van der Waals surface area (Å²) in [4.78, 5) is 8.46. The molecule has 17 heavy (non-hydrogen) atoms. The maximum Gasteiger partial charge on any atom is 0.223 e. The number of rotatable bonds is 4. The average molecular weight is 253 g/mol. The maximum atomic E-state index is 5.03. The molecule has 0 amide bonds. The summed E-state index contributed by atoms with van der Waals surface area (Å²) in [6.45, 7) is 0. The summed E-state index contributed by atoms with van der Waals surface area (Å²) in [6, 6.07) is 0.520. The van der Waals surface area contributed by atoms with Crippen molar-refractivity contribution in [3.8, 4) is 5.75 Å². The van der Waals surface area contributed by atoms with Crippen LogP contribution in [0.2, 0.25) is 0 Å². The van der Waals surface area contributed by atoms with Gasteiger partial charge in [0.05, 0.1) is 19.5 Å². The summed E-state index contributed by atoms with van der Waals surface area (Å²) in [6.07, 6.45) is 10.6. The van der Waals surface area contributed by atoms with Gasteiger partial charge >= 0.3 is 0 Å². The molecule has 1 heterocycles. The molecule has 0 bridgehead atoms. The van der Waals surface area contributed by atoms with Gasteiger partial charge in [-0.3, -0.25) is 0 Å². The number of nitrogens with zero attached hydrogens (tertiary/aromatic N) is 2. The Labute approximate surface area is 107 Å². The number of ether oxygens (including phenoxy) is 1. The molecular weight excluding hydrogens is 234 g/mol. The van der Waals surface area contributed by atoms with E-state index in [1.807, 2.05) is 11.8 Å². The molecule has 4 nitrogen and oxygen atoms in total. The second-order valence-electron chi connectivity index (χ2n) is 4.30. The van der Waals surface area contributed by atoms with E-state index in [-0.39, 0.29) is 0 Å². The van der Waals surface area contributed by atoms with Crippen LogP contribution in [-0.4, -0.2) is 34.6 Å². The quantitative estimate of drug-likeness (QED) is 0.893. The van der Waals surface area contributed by atoms with Crippen molar-refractivity contribution in [2.24, 2.45) is 0 Å². The number of thioether (sulfide) groups is 1. The van der Waals surface area contributed by atoms with E-state index in [9.17, 15) is 0 Å². The van der Waals surface area contributed by atoms with Gasteiger partial charge in [-0.15, -0.1) is 0 Å². The highest BCUT2D eigenvalue weighted by Crippen LogP contribution is 2.28. The number of hydrogen-bond donors (Lipinski definition) is 1. The molecule has 1 aliphatic carbocycles. The molecule has 1 N–H and O–H groups in total. The van der Waals surface area contributed by atoms with Crippen molar-refractivity contribution in [3.63, 3.8) is 0 Å². The molecule has 1 fully saturated rings. The Morgan fingerprint density at radius 3 is 2.41 bits per heavy atom. The zero-order chi connectivity index (χ0) is 12.1. The highest BCUT2D eigenvalue weighted by atomic mass is 32.2. The molecule has 0 saturated heterocycles. The average Bonchev–Trinajstić information content (AvgIpc) is 2.40. The normalized spacial score (nSPS) is 24.4. The van der Waals surface area contributed by atoms with E-state index in [2.05, 4.69) is 21.5 Å². The largest absolute Gasteiger partial charge is 0.494 e. The van der Waals surface area contributed by atoms with E-state index in [0.29, 0.717) is 17.7 Å².